The molecule has 0 unspecified atom stereocenters. The summed E-state index contributed by atoms with van der Waals surface area (Å²) in [5.41, 5.74) is 2.03. The van der Waals surface area contributed by atoms with E-state index in [-0.39, 0.29) is 12.4 Å². The van der Waals surface area contributed by atoms with Gasteiger partial charge in [-0.1, -0.05) is 42.5 Å². The second kappa shape index (κ2) is 4.79. The van der Waals surface area contributed by atoms with Gasteiger partial charge in [0.2, 0.25) is 0 Å². The number of aliphatic hydroxyl groups is 1. The first kappa shape index (κ1) is 13.2. The van der Waals surface area contributed by atoms with Crippen LogP contribution in [0, 0.1) is 12.7 Å². The van der Waals surface area contributed by atoms with E-state index in [1.54, 1.807) is 12.1 Å². The van der Waals surface area contributed by atoms with Crippen molar-refractivity contribution in [3.8, 4) is 0 Å². The fourth-order valence-electron chi connectivity index (χ4n) is 3.47. The van der Waals surface area contributed by atoms with Gasteiger partial charge in [-0.15, -0.1) is 0 Å². The summed E-state index contributed by atoms with van der Waals surface area (Å²) in [6.07, 6.45) is 0. The van der Waals surface area contributed by atoms with Crippen molar-refractivity contribution in [2.45, 2.75) is 13.5 Å². The van der Waals surface area contributed by atoms with Crippen molar-refractivity contribution in [3.05, 3.63) is 71.5 Å². The molecule has 0 aliphatic carbocycles. The molecule has 0 amide bonds. The molecule has 1 nitrogen and oxygen atoms in total. The lowest BCUT2D eigenvalue weighted by molar-refractivity contribution is 0.285. The van der Waals surface area contributed by atoms with Crippen LogP contribution in [-0.2, 0) is 6.61 Å². The predicted molar refractivity (Wildman–Crippen MR) is 89.6 cm³/mol. The molecule has 4 aromatic rings. The molecular formula is C20H15FO. The highest BCUT2D eigenvalue weighted by Gasteiger charge is 2.13. The highest BCUT2D eigenvalue weighted by molar-refractivity contribution is 6.16. The number of aryl methyl sites for hydroxylation is 1. The lowest BCUT2D eigenvalue weighted by atomic mass is 9.89. The maximum Gasteiger partial charge on any atom is 0.123 e. The summed E-state index contributed by atoms with van der Waals surface area (Å²) in [5, 5.41) is 16.0. The molecule has 0 saturated heterocycles. The molecule has 0 fully saturated rings. The Hall–Kier alpha value is -2.45. The molecule has 0 atom stereocenters. The third kappa shape index (κ3) is 1.74. The molecule has 0 spiro atoms. The molecule has 0 heterocycles. The van der Waals surface area contributed by atoms with Crippen molar-refractivity contribution in [3.63, 3.8) is 0 Å². The monoisotopic (exact) mass is 290 g/mol. The van der Waals surface area contributed by atoms with Crippen LogP contribution < -0.4 is 0 Å². The van der Waals surface area contributed by atoms with Gasteiger partial charge < -0.3 is 5.11 Å². The summed E-state index contributed by atoms with van der Waals surface area (Å²) in [5.74, 6) is -0.238. The number of hydrogen-bond acceptors (Lipinski definition) is 1. The van der Waals surface area contributed by atoms with E-state index in [4.69, 9.17) is 0 Å². The number of hydrogen-bond donors (Lipinski definition) is 1. The van der Waals surface area contributed by atoms with Crippen LogP contribution in [0.5, 0.6) is 0 Å². The summed E-state index contributed by atoms with van der Waals surface area (Å²) >= 11 is 0. The second-order valence-electron chi connectivity index (χ2n) is 5.66. The standard InChI is InChI=1S/C20H15FO/c1-12-15-4-2-3-5-16(15)19(11-22)17-9-7-13-6-8-14(21)10-18(13)20(12)17/h2-10,22H,11H2,1H3. The minimum atomic E-state index is -0.238. The summed E-state index contributed by atoms with van der Waals surface area (Å²) in [7, 11) is 0. The Morgan fingerprint density at radius 1 is 0.864 bits per heavy atom. The van der Waals surface area contributed by atoms with E-state index in [0.29, 0.717) is 0 Å². The molecule has 0 bridgehead atoms. The van der Waals surface area contributed by atoms with E-state index >= 15 is 0 Å². The highest BCUT2D eigenvalue weighted by Crippen LogP contribution is 2.36. The number of fused-ring (bicyclic) bond motifs is 4. The summed E-state index contributed by atoms with van der Waals surface area (Å²) in [6.45, 7) is 2.04. The van der Waals surface area contributed by atoms with Crippen LogP contribution in [0.25, 0.3) is 32.3 Å². The molecule has 0 aliphatic heterocycles. The van der Waals surface area contributed by atoms with E-state index in [0.717, 1.165) is 43.4 Å². The molecule has 0 aromatic heterocycles. The van der Waals surface area contributed by atoms with E-state index in [9.17, 15) is 9.50 Å². The van der Waals surface area contributed by atoms with Gasteiger partial charge >= 0.3 is 0 Å². The lowest BCUT2D eigenvalue weighted by Gasteiger charge is -2.15. The topological polar surface area (TPSA) is 20.2 Å². The van der Waals surface area contributed by atoms with E-state index in [1.807, 2.05) is 30.3 Å². The van der Waals surface area contributed by atoms with Gasteiger partial charge in [0.1, 0.15) is 5.82 Å². The Balaban J connectivity index is 2.35. The molecule has 108 valence electrons. The molecule has 2 heteroatoms. The average molecular weight is 290 g/mol. The van der Waals surface area contributed by atoms with Crippen LogP contribution >= 0.6 is 0 Å². The highest BCUT2D eigenvalue weighted by atomic mass is 19.1. The molecule has 0 aliphatic rings. The number of halogens is 1. The zero-order valence-corrected chi connectivity index (χ0v) is 12.2. The largest absolute Gasteiger partial charge is 0.392 e. The van der Waals surface area contributed by atoms with Crippen molar-refractivity contribution >= 4 is 32.3 Å². The molecule has 4 rings (SSSR count). The molecule has 1 N–H and O–H groups in total. The quantitative estimate of drug-likeness (QED) is 0.382. The van der Waals surface area contributed by atoms with E-state index in [2.05, 4.69) is 13.0 Å². The SMILES string of the molecule is Cc1c2ccccc2c(CO)c2ccc3ccc(F)cc3c12. The molecule has 4 aromatic carbocycles. The predicted octanol–water partition coefficient (Wildman–Crippen LogP) is 5.09. The van der Waals surface area contributed by atoms with Crippen LogP contribution in [0.3, 0.4) is 0 Å². The Kier molecular flexibility index (Phi) is 2.88. The Morgan fingerprint density at radius 3 is 2.36 bits per heavy atom. The van der Waals surface area contributed by atoms with Gasteiger partial charge in [-0.25, -0.2) is 4.39 Å². The number of rotatable bonds is 1. The molecule has 0 radical (unpaired) electrons. The number of benzene rings is 4. The zero-order chi connectivity index (χ0) is 15.3. The van der Waals surface area contributed by atoms with Gasteiger partial charge in [0.15, 0.2) is 0 Å². The summed E-state index contributed by atoms with van der Waals surface area (Å²) in [6, 6.07) is 17.0. The van der Waals surface area contributed by atoms with Gasteiger partial charge in [-0.05, 0) is 62.5 Å². The van der Waals surface area contributed by atoms with Crippen LogP contribution in [0.4, 0.5) is 4.39 Å². The maximum absolute atomic E-state index is 13.7. The van der Waals surface area contributed by atoms with Crippen molar-refractivity contribution in [1.29, 1.82) is 0 Å². The minimum Gasteiger partial charge on any atom is -0.392 e. The van der Waals surface area contributed by atoms with E-state index < -0.39 is 0 Å². The van der Waals surface area contributed by atoms with Crippen molar-refractivity contribution in [2.75, 3.05) is 0 Å². The van der Waals surface area contributed by atoms with Gasteiger partial charge in [-0.3, -0.25) is 0 Å². The first-order valence-corrected chi connectivity index (χ1v) is 7.33. The number of aliphatic hydroxyl groups excluding tert-OH is 1. The van der Waals surface area contributed by atoms with Crippen molar-refractivity contribution in [1.82, 2.24) is 0 Å². The zero-order valence-electron chi connectivity index (χ0n) is 12.2. The maximum atomic E-state index is 13.7. The summed E-state index contributed by atoms with van der Waals surface area (Å²) in [4.78, 5) is 0. The van der Waals surface area contributed by atoms with Crippen molar-refractivity contribution in [2.24, 2.45) is 0 Å². The van der Waals surface area contributed by atoms with Crippen molar-refractivity contribution < 1.29 is 9.50 Å². The average Bonchev–Trinajstić information content (AvgIpc) is 2.55. The molecule has 0 saturated carbocycles. The van der Waals surface area contributed by atoms with Crippen LogP contribution in [0.2, 0.25) is 0 Å². The van der Waals surface area contributed by atoms with Crippen LogP contribution in [0.15, 0.2) is 54.6 Å². The Morgan fingerprint density at radius 2 is 1.59 bits per heavy atom. The molecule has 22 heavy (non-hydrogen) atoms. The fraction of sp³-hybridized carbons (Fsp3) is 0.100. The molecular weight excluding hydrogens is 275 g/mol. The third-order valence-corrected chi connectivity index (χ3v) is 4.50. The Bertz CT molecular complexity index is 1030. The van der Waals surface area contributed by atoms with Crippen LogP contribution in [0.1, 0.15) is 11.1 Å². The fourth-order valence-corrected chi connectivity index (χ4v) is 3.47. The Labute approximate surface area is 127 Å². The van der Waals surface area contributed by atoms with Gasteiger partial charge in [0, 0.05) is 0 Å². The third-order valence-electron chi connectivity index (χ3n) is 4.50. The van der Waals surface area contributed by atoms with Gasteiger partial charge in [0.05, 0.1) is 6.61 Å². The normalized spacial score (nSPS) is 11.6. The first-order chi connectivity index (χ1) is 10.7. The van der Waals surface area contributed by atoms with E-state index in [1.165, 1.54) is 6.07 Å². The van der Waals surface area contributed by atoms with Crippen LogP contribution in [-0.4, -0.2) is 5.11 Å². The second-order valence-corrected chi connectivity index (χ2v) is 5.66. The first-order valence-electron chi connectivity index (χ1n) is 7.33. The lowest BCUT2D eigenvalue weighted by Crippen LogP contribution is -1.93. The smallest absolute Gasteiger partial charge is 0.123 e. The van der Waals surface area contributed by atoms with Gasteiger partial charge in [-0.2, -0.15) is 0 Å². The van der Waals surface area contributed by atoms with Gasteiger partial charge in [0.25, 0.3) is 0 Å². The minimum absolute atomic E-state index is 0.0296. The summed E-state index contributed by atoms with van der Waals surface area (Å²) < 4.78 is 13.7.